The maximum Gasteiger partial charge on any atom is 0.345 e. The molecule has 88 valence electrons. The quantitative estimate of drug-likeness (QED) is 0.852. The topological polar surface area (TPSA) is 43.8 Å². The lowest BCUT2D eigenvalue weighted by molar-refractivity contribution is 0.0702. The second kappa shape index (κ2) is 4.84. The van der Waals surface area contributed by atoms with E-state index in [1.165, 1.54) is 11.3 Å². The van der Waals surface area contributed by atoms with Crippen LogP contribution in [0.15, 0.2) is 11.4 Å². The largest absolute Gasteiger partial charge is 0.477 e. The Kier molecular flexibility index (Phi) is 3.46. The first kappa shape index (κ1) is 11.4. The zero-order chi connectivity index (χ0) is 11.5. The van der Waals surface area contributed by atoms with E-state index in [9.17, 15) is 4.79 Å². The van der Waals surface area contributed by atoms with Crippen molar-refractivity contribution in [2.75, 3.05) is 38.1 Å². The van der Waals surface area contributed by atoms with E-state index in [1.54, 1.807) is 6.07 Å². The average molecular weight is 240 g/mol. The van der Waals surface area contributed by atoms with E-state index in [0.717, 1.165) is 38.3 Å². The maximum absolute atomic E-state index is 10.8. The van der Waals surface area contributed by atoms with E-state index in [0.29, 0.717) is 4.88 Å². The zero-order valence-corrected chi connectivity index (χ0v) is 10.2. The zero-order valence-electron chi connectivity index (χ0n) is 9.35. The molecule has 1 N–H and O–H groups in total. The van der Waals surface area contributed by atoms with E-state index in [1.807, 2.05) is 5.38 Å². The number of rotatable bonds is 2. The van der Waals surface area contributed by atoms with Crippen molar-refractivity contribution in [1.29, 1.82) is 0 Å². The molecule has 0 saturated carbocycles. The van der Waals surface area contributed by atoms with Crippen LogP contribution in [0, 0.1) is 0 Å². The Bertz CT molecular complexity index is 378. The first-order valence-electron chi connectivity index (χ1n) is 5.42. The fourth-order valence-electron chi connectivity index (χ4n) is 1.91. The molecule has 5 heteroatoms. The maximum atomic E-state index is 10.8. The average Bonchev–Trinajstić information content (AvgIpc) is 2.63. The number of anilines is 1. The van der Waals surface area contributed by atoms with Crippen LogP contribution >= 0.6 is 11.3 Å². The van der Waals surface area contributed by atoms with Gasteiger partial charge in [0.2, 0.25) is 0 Å². The Morgan fingerprint density at radius 2 is 2.19 bits per heavy atom. The normalized spacial score (nSPS) is 18.4. The molecule has 4 nitrogen and oxygen atoms in total. The lowest BCUT2D eigenvalue weighted by atomic mass is 10.3. The molecular formula is C11H16N2O2S. The number of thiophene rings is 1. The van der Waals surface area contributed by atoms with Gasteiger partial charge in [0.1, 0.15) is 4.88 Å². The molecule has 0 amide bonds. The number of aromatic carboxylic acids is 1. The third kappa shape index (κ3) is 2.54. The minimum absolute atomic E-state index is 0.424. The molecular weight excluding hydrogens is 224 g/mol. The molecule has 0 atom stereocenters. The van der Waals surface area contributed by atoms with Gasteiger partial charge in [-0.2, -0.15) is 0 Å². The minimum atomic E-state index is -0.830. The van der Waals surface area contributed by atoms with Crippen LogP contribution in [-0.4, -0.2) is 49.2 Å². The number of likely N-dealkylation sites (N-methyl/N-ethyl adjacent to an activating group) is 1. The van der Waals surface area contributed by atoms with Crippen LogP contribution in [0.25, 0.3) is 0 Å². The van der Waals surface area contributed by atoms with E-state index in [2.05, 4.69) is 16.8 Å². The van der Waals surface area contributed by atoms with Crippen molar-refractivity contribution in [3.05, 3.63) is 16.3 Å². The molecule has 1 fully saturated rings. The summed E-state index contributed by atoms with van der Waals surface area (Å²) in [7, 11) is 2.12. The Balaban J connectivity index is 2.07. The highest BCUT2D eigenvalue weighted by molar-refractivity contribution is 7.12. The summed E-state index contributed by atoms with van der Waals surface area (Å²) in [6, 6.07) is 1.78. The van der Waals surface area contributed by atoms with Crippen molar-refractivity contribution in [1.82, 2.24) is 4.90 Å². The first-order valence-corrected chi connectivity index (χ1v) is 6.30. The van der Waals surface area contributed by atoms with Gasteiger partial charge in [-0.15, -0.1) is 11.3 Å². The summed E-state index contributed by atoms with van der Waals surface area (Å²) >= 11 is 1.30. The van der Waals surface area contributed by atoms with Gasteiger partial charge in [-0.05, 0) is 26.1 Å². The van der Waals surface area contributed by atoms with Crippen molar-refractivity contribution in [2.24, 2.45) is 0 Å². The van der Waals surface area contributed by atoms with Gasteiger partial charge in [-0.25, -0.2) is 4.79 Å². The fourth-order valence-corrected chi connectivity index (χ4v) is 2.66. The number of hydrogen-bond donors (Lipinski definition) is 1. The Morgan fingerprint density at radius 3 is 2.88 bits per heavy atom. The number of carboxylic acids is 1. The molecule has 1 aliphatic rings. The molecule has 0 radical (unpaired) electrons. The predicted molar refractivity (Wildman–Crippen MR) is 65.6 cm³/mol. The van der Waals surface area contributed by atoms with E-state index in [4.69, 9.17) is 5.11 Å². The summed E-state index contributed by atoms with van der Waals surface area (Å²) < 4.78 is 0. The summed E-state index contributed by atoms with van der Waals surface area (Å²) in [6.07, 6.45) is 1.13. The van der Waals surface area contributed by atoms with Gasteiger partial charge >= 0.3 is 5.97 Å². The summed E-state index contributed by atoms with van der Waals surface area (Å²) in [6.45, 7) is 4.15. The van der Waals surface area contributed by atoms with E-state index < -0.39 is 5.97 Å². The van der Waals surface area contributed by atoms with Crippen molar-refractivity contribution in [3.63, 3.8) is 0 Å². The third-order valence-electron chi connectivity index (χ3n) is 2.88. The van der Waals surface area contributed by atoms with Crippen LogP contribution in [0.3, 0.4) is 0 Å². The van der Waals surface area contributed by atoms with Crippen LogP contribution in [0.4, 0.5) is 5.69 Å². The summed E-state index contributed by atoms with van der Waals surface area (Å²) in [4.78, 5) is 15.8. The second-order valence-corrected chi connectivity index (χ2v) is 5.03. The molecule has 16 heavy (non-hydrogen) atoms. The number of carboxylic acid groups (broad SMARTS) is 1. The molecule has 1 saturated heterocycles. The second-order valence-electron chi connectivity index (χ2n) is 4.12. The standard InChI is InChI=1S/C11H16N2O2S/c1-12-3-2-4-13(6-5-12)9-7-10(11(14)15)16-8-9/h7-8H,2-6H2,1H3,(H,14,15). The van der Waals surface area contributed by atoms with Gasteiger partial charge in [0.15, 0.2) is 0 Å². The van der Waals surface area contributed by atoms with Crippen LogP contribution in [0.1, 0.15) is 16.1 Å². The third-order valence-corrected chi connectivity index (χ3v) is 3.79. The van der Waals surface area contributed by atoms with Crippen LogP contribution in [0.5, 0.6) is 0 Å². The Morgan fingerprint density at radius 1 is 1.38 bits per heavy atom. The van der Waals surface area contributed by atoms with Crippen molar-refractivity contribution >= 4 is 23.0 Å². The molecule has 0 aliphatic carbocycles. The highest BCUT2D eigenvalue weighted by atomic mass is 32.1. The van der Waals surface area contributed by atoms with Gasteiger partial charge < -0.3 is 14.9 Å². The van der Waals surface area contributed by atoms with Gasteiger partial charge in [-0.1, -0.05) is 0 Å². The first-order chi connectivity index (χ1) is 7.66. The molecule has 2 rings (SSSR count). The van der Waals surface area contributed by atoms with E-state index >= 15 is 0 Å². The molecule has 2 heterocycles. The number of hydrogen-bond acceptors (Lipinski definition) is 4. The summed E-state index contributed by atoms with van der Waals surface area (Å²) in [5, 5.41) is 10.8. The minimum Gasteiger partial charge on any atom is -0.477 e. The van der Waals surface area contributed by atoms with Crippen molar-refractivity contribution < 1.29 is 9.90 Å². The van der Waals surface area contributed by atoms with Crippen molar-refractivity contribution in [3.8, 4) is 0 Å². The predicted octanol–water partition coefficient (Wildman–Crippen LogP) is 1.59. The van der Waals surface area contributed by atoms with E-state index in [-0.39, 0.29) is 0 Å². The van der Waals surface area contributed by atoms with Gasteiger partial charge in [0.05, 0.1) is 0 Å². The molecule has 0 aromatic carbocycles. The fraction of sp³-hybridized carbons (Fsp3) is 0.545. The molecule has 0 unspecified atom stereocenters. The molecule has 1 aliphatic heterocycles. The monoisotopic (exact) mass is 240 g/mol. The Hall–Kier alpha value is -1.07. The number of nitrogens with zero attached hydrogens (tertiary/aromatic N) is 2. The van der Waals surface area contributed by atoms with Gasteiger partial charge in [0, 0.05) is 30.7 Å². The molecule has 0 bridgehead atoms. The summed E-state index contributed by atoms with van der Waals surface area (Å²) in [5.74, 6) is -0.830. The molecule has 1 aromatic rings. The highest BCUT2D eigenvalue weighted by Crippen LogP contribution is 2.24. The van der Waals surface area contributed by atoms with Gasteiger partial charge in [-0.3, -0.25) is 0 Å². The van der Waals surface area contributed by atoms with Crippen LogP contribution < -0.4 is 4.90 Å². The lowest BCUT2D eigenvalue weighted by Gasteiger charge is -2.20. The summed E-state index contributed by atoms with van der Waals surface area (Å²) in [5.41, 5.74) is 1.05. The van der Waals surface area contributed by atoms with Crippen LogP contribution in [-0.2, 0) is 0 Å². The molecule has 1 aromatic heterocycles. The SMILES string of the molecule is CN1CCCN(c2csc(C(=O)O)c2)CC1. The Labute approximate surface area is 99.1 Å². The lowest BCUT2D eigenvalue weighted by Crippen LogP contribution is -2.28. The smallest absolute Gasteiger partial charge is 0.345 e. The number of carbonyl (C=O) groups is 1. The van der Waals surface area contributed by atoms with Gasteiger partial charge in [0.25, 0.3) is 0 Å². The van der Waals surface area contributed by atoms with Crippen LogP contribution in [0.2, 0.25) is 0 Å². The molecule has 0 spiro atoms. The van der Waals surface area contributed by atoms with Crippen molar-refractivity contribution in [2.45, 2.75) is 6.42 Å². The highest BCUT2D eigenvalue weighted by Gasteiger charge is 2.15.